The highest BCUT2D eigenvalue weighted by Crippen LogP contribution is 2.13. The molecule has 0 aliphatic carbocycles. The zero-order valence-electron chi connectivity index (χ0n) is 10.5. The third-order valence-corrected chi connectivity index (χ3v) is 2.75. The molecule has 0 amide bonds. The standard InChI is InChI=1S/C15H14FNO2/c1-19-15(18)11-6-8-13(9-7-11)17-10-12-4-2-3-5-14(12)16/h2-9,17H,10H2,1H3. The Morgan fingerprint density at radius 1 is 1.16 bits per heavy atom. The maximum atomic E-state index is 13.4. The quantitative estimate of drug-likeness (QED) is 0.857. The molecule has 0 saturated heterocycles. The maximum absolute atomic E-state index is 13.4. The number of carbonyl (C=O) groups is 1. The van der Waals surface area contributed by atoms with E-state index in [0.717, 1.165) is 5.69 Å². The molecule has 2 rings (SSSR count). The number of halogens is 1. The predicted octanol–water partition coefficient (Wildman–Crippen LogP) is 3.22. The largest absolute Gasteiger partial charge is 0.465 e. The Hall–Kier alpha value is -2.36. The fourth-order valence-electron chi connectivity index (χ4n) is 1.68. The highest BCUT2D eigenvalue weighted by atomic mass is 19.1. The molecule has 2 aromatic rings. The Morgan fingerprint density at radius 3 is 2.47 bits per heavy atom. The first-order chi connectivity index (χ1) is 9.20. The van der Waals surface area contributed by atoms with Gasteiger partial charge in [-0.2, -0.15) is 0 Å². The summed E-state index contributed by atoms with van der Waals surface area (Å²) in [6, 6.07) is 13.4. The topological polar surface area (TPSA) is 38.3 Å². The Bertz CT molecular complexity index is 567. The van der Waals surface area contributed by atoms with Crippen LogP contribution in [0.25, 0.3) is 0 Å². The molecule has 0 aliphatic heterocycles. The highest BCUT2D eigenvalue weighted by Gasteiger charge is 2.04. The lowest BCUT2D eigenvalue weighted by Gasteiger charge is -2.08. The number of rotatable bonds is 4. The van der Waals surface area contributed by atoms with Crippen LogP contribution in [0.5, 0.6) is 0 Å². The van der Waals surface area contributed by atoms with E-state index in [-0.39, 0.29) is 11.8 Å². The molecule has 0 radical (unpaired) electrons. The van der Waals surface area contributed by atoms with Crippen LogP contribution in [0.3, 0.4) is 0 Å². The molecule has 1 N–H and O–H groups in total. The zero-order valence-corrected chi connectivity index (χ0v) is 10.5. The van der Waals surface area contributed by atoms with Gasteiger partial charge in [-0.25, -0.2) is 9.18 Å². The fraction of sp³-hybridized carbons (Fsp3) is 0.133. The van der Waals surface area contributed by atoms with Gasteiger partial charge in [0.2, 0.25) is 0 Å². The van der Waals surface area contributed by atoms with Gasteiger partial charge >= 0.3 is 5.97 Å². The van der Waals surface area contributed by atoms with Crippen molar-refractivity contribution in [3.05, 3.63) is 65.5 Å². The molecular weight excluding hydrogens is 245 g/mol. The first-order valence-corrected chi connectivity index (χ1v) is 5.86. The number of carbonyl (C=O) groups excluding carboxylic acids is 1. The third-order valence-electron chi connectivity index (χ3n) is 2.75. The van der Waals surface area contributed by atoms with E-state index in [2.05, 4.69) is 10.1 Å². The second kappa shape index (κ2) is 6.00. The molecule has 0 saturated carbocycles. The SMILES string of the molecule is COC(=O)c1ccc(NCc2ccccc2F)cc1. The van der Waals surface area contributed by atoms with Crippen LogP contribution in [0.4, 0.5) is 10.1 Å². The van der Waals surface area contributed by atoms with Gasteiger partial charge in [-0.3, -0.25) is 0 Å². The molecule has 2 aromatic carbocycles. The molecule has 0 unspecified atom stereocenters. The van der Waals surface area contributed by atoms with Crippen molar-refractivity contribution in [3.63, 3.8) is 0 Å². The van der Waals surface area contributed by atoms with Gasteiger partial charge in [0.15, 0.2) is 0 Å². The molecular formula is C15H14FNO2. The van der Waals surface area contributed by atoms with Crippen molar-refractivity contribution in [2.75, 3.05) is 12.4 Å². The Labute approximate surface area is 111 Å². The second-order valence-corrected chi connectivity index (χ2v) is 4.01. The van der Waals surface area contributed by atoms with Gasteiger partial charge in [0.1, 0.15) is 5.82 Å². The zero-order chi connectivity index (χ0) is 13.7. The monoisotopic (exact) mass is 259 g/mol. The van der Waals surface area contributed by atoms with Crippen molar-refractivity contribution >= 4 is 11.7 Å². The number of esters is 1. The number of hydrogen-bond donors (Lipinski definition) is 1. The van der Waals surface area contributed by atoms with E-state index in [9.17, 15) is 9.18 Å². The molecule has 0 heterocycles. The van der Waals surface area contributed by atoms with E-state index in [0.29, 0.717) is 17.7 Å². The molecule has 0 aliphatic rings. The van der Waals surface area contributed by atoms with Crippen molar-refractivity contribution in [1.82, 2.24) is 0 Å². The minimum Gasteiger partial charge on any atom is -0.465 e. The fourth-order valence-corrected chi connectivity index (χ4v) is 1.68. The normalized spacial score (nSPS) is 10.0. The summed E-state index contributed by atoms with van der Waals surface area (Å²) in [7, 11) is 1.34. The molecule has 0 spiro atoms. The number of ether oxygens (including phenoxy) is 1. The van der Waals surface area contributed by atoms with E-state index in [1.165, 1.54) is 13.2 Å². The van der Waals surface area contributed by atoms with Gasteiger partial charge in [0.25, 0.3) is 0 Å². The molecule has 4 heteroatoms. The molecule has 0 fully saturated rings. The minimum absolute atomic E-state index is 0.235. The van der Waals surface area contributed by atoms with Crippen LogP contribution in [-0.2, 0) is 11.3 Å². The van der Waals surface area contributed by atoms with Crippen molar-refractivity contribution in [2.24, 2.45) is 0 Å². The van der Waals surface area contributed by atoms with Crippen LogP contribution in [0.1, 0.15) is 15.9 Å². The van der Waals surface area contributed by atoms with Gasteiger partial charge in [0, 0.05) is 17.8 Å². The number of methoxy groups -OCH3 is 1. The second-order valence-electron chi connectivity index (χ2n) is 4.01. The Kier molecular flexibility index (Phi) is 4.13. The van der Waals surface area contributed by atoms with Crippen LogP contribution in [0.15, 0.2) is 48.5 Å². The lowest BCUT2D eigenvalue weighted by atomic mass is 10.2. The lowest BCUT2D eigenvalue weighted by molar-refractivity contribution is 0.0601. The summed E-state index contributed by atoms with van der Waals surface area (Å²) in [6.45, 7) is 0.393. The summed E-state index contributed by atoms with van der Waals surface area (Å²) in [6.07, 6.45) is 0. The summed E-state index contributed by atoms with van der Waals surface area (Å²) in [4.78, 5) is 11.3. The number of benzene rings is 2. The average molecular weight is 259 g/mol. The Morgan fingerprint density at radius 2 is 1.84 bits per heavy atom. The predicted molar refractivity (Wildman–Crippen MR) is 71.5 cm³/mol. The van der Waals surface area contributed by atoms with Gasteiger partial charge in [-0.1, -0.05) is 18.2 Å². The molecule has 0 aromatic heterocycles. The molecule has 0 atom stereocenters. The average Bonchev–Trinajstić information content (AvgIpc) is 2.46. The van der Waals surface area contributed by atoms with Crippen molar-refractivity contribution in [3.8, 4) is 0 Å². The number of nitrogens with one attached hydrogen (secondary N) is 1. The van der Waals surface area contributed by atoms with Crippen LogP contribution >= 0.6 is 0 Å². The molecule has 3 nitrogen and oxygen atoms in total. The van der Waals surface area contributed by atoms with Crippen LogP contribution in [0.2, 0.25) is 0 Å². The number of hydrogen-bond acceptors (Lipinski definition) is 3. The molecule has 0 bridgehead atoms. The van der Waals surface area contributed by atoms with E-state index in [4.69, 9.17) is 0 Å². The first-order valence-electron chi connectivity index (χ1n) is 5.86. The van der Waals surface area contributed by atoms with Crippen LogP contribution in [-0.4, -0.2) is 13.1 Å². The summed E-state index contributed by atoms with van der Waals surface area (Å²) in [5.41, 5.74) is 1.90. The Balaban J connectivity index is 2.01. The highest BCUT2D eigenvalue weighted by molar-refractivity contribution is 5.89. The van der Waals surface area contributed by atoms with E-state index >= 15 is 0 Å². The summed E-state index contributed by atoms with van der Waals surface area (Å²) >= 11 is 0. The number of anilines is 1. The van der Waals surface area contributed by atoms with E-state index < -0.39 is 0 Å². The third kappa shape index (κ3) is 3.31. The molecule has 19 heavy (non-hydrogen) atoms. The van der Waals surface area contributed by atoms with Crippen molar-refractivity contribution in [2.45, 2.75) is 6.54 Å². The smallest absolute Gasteiger partial charge is 0.337 e. The van der Waals surface area contributed by atoms with Crippen LogP contribution in [0, 0.1) is 5.82 Å². The summed E-state index contributed by atoms with van der Waals surface area (Å²) in [5.74, 6) is -0.609. The van der Waals surface area contributed by atoms with Gasteiger partial charge in [-0.05, 0) is 30.3 Å². The van der Waals surface area contributed by atoms with Crippen molar-refractivity contribution in [1.29, 1.82) is 0 Å². The van der Waals surface area contributed by atoms with E-state index in [1.807, 2.05) is 0 Å². The summed E-state index contributed by atoms with van der Waals surface area (Å²) < 4.78 is 18.0. The van der Waals surface area contributed by atoms with Gasteiger partial charge in [0.05, 0.1) is 12.7 Å². The lowest BCUT2D eigenvalue weighted by Crippen LogP contribution is -2.03. The van der Waals surface area contributed by atoms with Gasteiger partial charge < -0.3 is 10.1 Å². The summed E-state index contributed by atoms with van der Waals surface area (Å²) in [5, 5.41) is 3.09. The first kappa shape index (κ1) is 13.1. The van der Waals surface area contributed by atoms with Crippen LogP contribution < -0.4 is 5.32 Å². The van der Waals surface area contributed by atoms with Crippen molar-refractivity contribution < 1.29 is 13.9 Å². The van der Waals surface area contributed by atoms with Gasteiger partial charge in [-0.15, -0.1) is 0 Å². The van der Waals surface area contributed by atoms with E-state index in [1.54, 1.807) is 42.5 Å². The molecule has 98 valence electrons. The maximum Gasteiger partial charge on any atom is 0.337 e. The minimum atomic E-state index is -0.374.